The molecule has 3 unspecified atom stereocenters. The van der Waals surface area contributed by atoms with Crippen LogP contribution < -0.4 is 5.32 Å². The van der Waals surface area contributed by atoms with Gasteiger partial charge in [-0.2, -0.15) is 0 Å². The largest absolute Gasteiger partial charge is 0.314 e. The Labute approximate surface area is 96.0 Å². The standard InChI is InChI=1S/C14H29N/c1-4-8-14(15-6-3)13-10-7-9-12(5-2)11-13/h12-15H,4-11H2,1-3H3. The first-order valence-electron chi connectivity index (χ1n) is 7.05. The molecular weight excluding hydrogens is 182 g/mol. The van der Waals surface area contributed by atoms with E-state index in [0.29, 0.717) is 0 Å². The molecule has 0 amide bonds. The molecule has 0 radical (unpaired) electrons. The van der Waals surface area contributed by atoms with Crippen molar-refractivity contribution in [1.82, 2.24) is 5.32 Å². The van der Waals surface area contributed by atoms with Crippen LogP contribution in [-0.2, 0) is 0 Å². The predicted molar refractivity (Wildman–Crippen MR) is 68.1 cm³/mol. The third-order valence-corrected chi connectivity index (χ3v) is 4.04. The van der Waals surface area contributed by atoms with Crippen LogP contribution in [0.25, 0.3) is 0 Å². The zero-order chi connectivity index (χ0) is 11.1. The van der Waals surface area contributed by atoms with Crippen molar-refractivity contribution >= 4 is 0 Å². The lowest BCUT2D eigenvalue weighted by Gasteiger charge is -2.34. The van der Waals surface area contributed by atoms with Crippen LogP contribution in [0.1, 0.15) is 65.7 Å². The summed E-state index contributed by atoms with van der Waals surface area (Å²) in [6.07, 6.45) is 9.98. The quantitative estimate of drug-likeness (QED) is 0.700. The molecule has 0 saturated heterocycles. The topological polar surface area (TPSA) is 12.0 Å². The Kier molecular flexibility index (Phi) is 6.31. The minimum Gasteiger partial charge on any atom is -0.314 e. The number of rotatable bonds is 6. The molecule has 1 N–H and O–H groups in total. The Bertz CT molecular complexity index is 149. The van der Waals surface area contributed by atoms with Crippen LogP contribution in [0.5, 0.6) is 0 Å². The van der Waals surface area contributed by atoms with Crippen molar-refractivity contribution in [2.24, 2.45) is 11.8 Å². The molecule has 1 saturated carbocycles. The van der Waals surface area contributed by atoms with E-state index < -0.39 is 0 Å². The highest BCUT2D eigenvalue weighted by Crippen LogP contribution is 2.33. The fourth-order valence-electron chi connectivity index (χ4n) is 3.15. The summed E-state index contributed by atoms with van der Waals surface area (Å²) in [6.45, 7) is 8.04. The molecule has 0 aromatic heterocycles. The zero-order valence-corrected chi connectivity index (χ0v) is 10.9. The van der Waals surface area contributed by atoms with Gasteiger partial charge in [0, 0.05) is 6.04 Å². The monoisotopic (exact) mass is 211 g/mol. The lowest BCUT2D eigenvalue weighted by Crippen LogP contribution is -2.38. The Morgan fingerprint density at radius 3 is 2.60 bits per heavy atom. The van der Waals surface area contributed by atoms with Gasteiger partial charge < -0.3 is 5.32 Å². The molecule has 0 heterocycles. The van der Waals surface area contributed by atoms with E-state index in [2.05, 4.69) is 26.1 Å². The maximum Gasteiger partial charge on any atom is 0.00952 e. The summed E-state index contributed by atoms with van der Waals surface area (Å²) in [4.78, 5) is 0. The van der Waals surface area contributed by atoms with Gasteiger partial charge in [-0.3, -0.25) is 0 Å². The molecule has 90 valence electrons. The van der Waals surface area contributed by atoms with Crippen molar-refractivity contribution in [3.63, 3.8) is 0 Å². The van der Waals surface area contributed by atoms with Gasteiger partial charge in [-0.1, -0.05) is 46.5 Å². The van der Waals surface area contributed by atoms with Crippen LogP contribution in [0.15, 0.2) is 0 Å². The molecule has 0 aromatic carbocycles. The second kappa shape index (κ2) is 7.27. The molecule has 0 spiro atoms. The van der Waals surface area contributed by atoms with Gasteiger partial charge in [0.15, 0.2) is 0 Å². The normalized spacial score (nSPS) is 29.0. The van der Waals surface area contributed by atoms with E-state index in [1.54, 1.807) is 0 Å². The van der Waals surface area contributed by atoms with Gasteiger partial charge in [0.05, 0.1) is 0 Å². The zero-order valence-electron chi connectivity index (χ0n) is 10.9. The maximum absolute atomic E-state index is 3.70. The molecular formula is C14H29N. The molecule has 1 nitrogen and oxygen atoms in total. The summed E-state index contributed by atoms with van der Waals surface area (Å²) >= 11 is 0. The lowest BCUT2D eigenvalue weighted by molar-refractivity contribution is 0.202. The minimum atomic E-state index is 0.800. The van der Waals surface area contributed by atoms with E-state index in [4.69, 9.17) is 0 Å². The third-order valence-electron chi connectivity index (χ3n) is 4.04. The smallest absolute Gasteiger partial charge is 0.00952 e. The summed E-state index contributed by atoms with van der Waals surface area (Å²) in [5.74, 6) is 1.98. The van der Waals surface area contributed by atoms with E-state index in [1.165, 1.54) is 44.9 Å². The van der Waals surface area contributed by atoms with Gasteiger partial charge in [-0.25, -0.2) is 0 Å². The van der Waals surface area contributed by atoms with Gasteiger partial charge in [0.25, 0.3) is 0 Å². The number of nitrogens with one attached hydrogen (secondary N) is 1. The third kappa shape index (κ3) is 4.14. The van der Waals surface area contributed by atoms with Crippen molar-refractivity contribution < 1.29 is 0 Å². The average molecular weight is 211 g/mol. The van der Waals surface area contributed by atoms with E-state index in [1.807, 2.05) is 0 Å². The van der Waals surface area contributed by atoms with E-state index in [0.717, 1.165) is 24.4 Å². The van der Waals surface area contributed by atoms with Crippen molar-refractivity contribution in [2.45, 2.75) is 71.8 Å². The molecule has 0 aliphatic heterocycles. The molecule has 1 heteroatoms. The van der Waals surface area contributed by atoms with Gasteiger partial charge in [0.2, 0.25) is 0 Å². The number of hydrogen-bond donors (Lipinski definition) is 1. The fraction of sp³-hybridized carbons (Fsp3) is 1.00. The van der Waals surface area contributed by atoms with Crippen LogP contribution in [0.4, 0.5) is 0 Å². The lowest BCUT2D eigenvalue weighted by atomic mass is 9.76. The molecule has 1 aliphatic carbocycles. The molecule has 1 rings (SSSR count). The second-order valence-corrected chi connectivity index (χ2v) is 5.15. The second-order valence-electron chi connectivity index (χ2n) is 5.15. The number of hydrogen-bond acceptors (Lipinski definition) is 1. The average Bonchev–Trinajstić information content (AvgIpc) is 2.29. The van der Waals surface area contributed by atoms with E-state index in [-0.39, 0.29) is 0 Å². The first-order valence-corrected chi connectivity index (χ1v) is 7.05. The summed E-state index contributed by atoms with van der Waals surface area (Å²) < 4.78 is 0. The summed E-state index contributed by atoms with van der Waals surface area (Å²) in [6, 6.07) is 0.800. The first-order chi connectivity index (χ1) is 7.31. The van der Waals surface area contributed by atoms with Crippen LogP contribution in [-0.4, -0.2) is 12.6 Å². The van der Waals surface area contributed by atoms with Crippen LogP contribution >= 0.6 is 0 Å². The van der Waals surface area contributed by atoms with E-state index in [9.17, 15) is 0 Å². The van der Waals surface area contributed by atoms with Crippen LogP contribution in [0.3, 0.4) is 0 Å². The van der Waals surface area contributed by atoms with Crippen LogP contribution in [0, 0.1) is 11.8 Å². The Balaban J connectivity index is 2.42. The molecule has 1 aliphatic rings. The molecule has 0 aromatic rings. The highest BCUT2D eigenvalue weighted by Gasteiger charge is 2.26. The van der Waals surface area contributed by atoms with Crippen molar-refractivity contribution in [2.75, 3.05) is 6.54 Å². The summed E-state index contributed by atoms with van der Waals surface area (Å²) in [5, 5.41) is 3.70. The van der Waals surface area contributed by atoms with Gasteiger partial charge in [0.1, 0.15) is 0 Å². The van der Waals surface area contributed by atoms with Crippen molar-refractivity contribution in [3.05, 3.63) is 0 Å². The highest BCUT2D eigenvalue weighted by molar-refractivity contribution is 4.81. The van der Waals surface area contributed by atoms with Crippen molar-refractivity contribution in [3.8, 4) is 0 Å². The molecule has 1 fully saturated rings. The predicted octanol–water partition coefficient (Wildman–Crippen LogP) is 3.98. The van der Waals surface area contributed by atoms with Gasteiger partial charge in [-0.15, -0.1) is 0 Å². The molecule has 3 atom stereocenters. The van der Waals surface area contributed by atoms with Crippen LogP contribution in [0.2, 0.25) is 0 Å². The maximum atomic E-state index is 3.70. The Morgan fingerprint density at radius 1 is 1.20 bits per heavy atom. The van der Waals surface area contributed by atoms with Gasteiger partial charge >= 0.3 is 0 Å². The SMILES string of the molecule is CCCC(NCC)C1CCCC(CC)C1. The van der Waals surface area contributed by atoms with Crippen molar-refractivity contribution in [1.29, 1.82) is 0 Å². The summed E-state index contributed by atoms with van der Waals surface area (Å²) in [5.41, 5.74) is 0. The summed E-state index contributed by atoms with van der Waals surface area (Å²) in [7, 11) is 0. The van der Waals surface area contributed by atoms with Gasteiger partial charge in [-0.05, 0) is 37.6 Å². The highest BCUT2D eigenvalue weighted by atomic mass is 14.9. The molecule has 0 bridgehead atoms. The Hall–Kier alpha value is -0.0400. The minimum absolute atomic E-state index is 0.800. The fourth-order valence-corrected chi connectivity index (χ4v) is 3.15. The molecule has 15 heavy (non-hydrogen) atoms. The first kappa shape index (κ1) is 13.0. The van der Waals surface area contributed by atoms with E-state index >= 15 is 0 Å². The Morgan fingerprint density at radius 2 is 2.00 bits per heavy atom.